The van der Waals surface area contributed by atoms with Gasteiger partial charge in [0.15, 0.2) is 0 Å². The van der Waals surface area contributed by atoms with Crippen molar-refractivity contribution < 1.29 is 4.39 Å². The minimum atomic E-state index is -0.221. The molecule has 0 radical (unpaired) electrons. The molecule has 2 aromatic rings. The number of hydrogen-bond donors (Lipinski definition) is 1. The van der Waals surface area contributed by atoms with Gasteiger partial charge in [0, 0.05) is 21.0 Å². The summed E-state index contributed by atoms with van der Waals surface area (Å²) >= 11 is 4.89. The maximum absolute atomic E-state index is 14.0. The van der Waals surface area contributed by atoms with E-state index in [1.54, 1.807) is 17.4 Å². The third-order valence-corrected chi connectivity index (χ3v) is 5.20. The first kappa shape index (κ1) is 13.2. The van der Waals surface area contributed by atoms with Crippen molar-refractivity contribution in [3.05, 3.63) is 39.1 Å². The van der Waals surface area contributed by atoms with Crippen LogP contribution in [0.1, 0.15) is 29.5 Å². The zero-order valence-corrected chi connectivity index (χ0v) is 12.9. The van der Waals surface area contributed by atoms with Crippen LogP contribution >= 0.6 is 27.3 Å². The van der Waals surface area contributed by atoms with Gasteiger partial charge in [0.25, 0.3) is 0 Å². The summed E-state index contributed by atoms with van der Waals surface area (Å²) in [5, 5.41) is 4.11. The van der Waals surface area contributed by atoms with Gasteiger partial charge in [0.1, 0.15) is 10.8 Å². The molecule has 1 aromatic carbocycles. The molecule has 1 heterocycles. The van der Waals surface area contributed by atoms with Crippen LogP contribution in [0.25, 0.3) is 10.6 Å². The van der Waals surface area contributed by atoms with Crippen LogP contribution in [0.5, 0.6) is 0 Å². The van der Waals surface area contributed by atoms with E-state index in [1.807, 2.05) is 13.1 Å². The molecular formula is C14H14BrFN2S. The van der Waals surface area contributed by atoms with Gasteiger partial charge in [-0.2, -0.15) is 0 Å². The minimum absolute atomic E-state index is 0.221. The molecule has 19 heavy (non-hydrogen) atoms. The van der Waals surface area contributed by atoms with E-state index in [1.165, 1.54) is 10.9 Å². The molecule has 0 spiro atoms. The SMILES string of the molecule is CNC1CCCc2nc(-c3ccc(Br)cc3F)sc21. The van der Waals surface area contributed by atoms with Crippen molar-refractivity contribution in [2.24, 2.45) is 0 Å². The summed E-state index contributed by atoms with van der Waals surface area (Å²) < 4.78 is 14.8. The van der Waals surface area contributed by atoms with Crippen LogP contribution in [0.2, 0.25) is 0 Å². The van der Waals surface area contributed by atoms with E-state index in [0.717, 1.165) is 34.4 Å². The van der Waals surface area contributed by atoms with Crippen LogP contribution in [-0.4, -0.2) is 12.0 Å². The average molecular weight is 341 g/mol. The molecule has 1 aromatic heterocycles. The fourth-order valence-corrected chi connectivity index (χ4v) is 4.09. The van der Waals surface area contributed by atoms with Gasteiger partial charge in [0.05, 0.1) is 5.69 Å². The Morgan fingerprint density at radius 3 is 3.05 bits per heavy atom. The number of fused-ring (bicyclic) bond motifs is 1. The van der Waals surface area contributed by atoms with Crippen LogP contribution in [-0.2, 0) is 6.42 Å². The number of nitrogens with one attached hydrogen (secondary N) is 1. The van der Waals surface area contributed by atoms with Gasteiger partial charge in [-0.3, -0.25) is 0 Å². The van der Waals surface area contributed by atoms with Gasteiger partial charge in [0.2, 0.25) is 0 Å². The summed E-state index contributed by atoms with van der Waals surface area (Å²) in [5.74, 6) is -0.221. The van der Waals surface area contributed by atoms with E-state index in [9.17, 15) is 4.39 Å². The molecule has 5 heteroatoms. The predicted octanol–water partition coefficient (Wildman–Crippen LogP) is 4.31. The van der Waals surface area contributed by atoms with Gasteiger partial charge in [-0.15, -0.1) is 11.3 Å². The van der Waals surface area contributed by atoms with E-state index in [-0.39, 0.29) is 5.82 Å². The quantitative estimate of drug-likeness (QED) is 0.881. The molecule has 0 saturated heterocycles. The largest absolute Gasteiger partial charge is 0.312 e. The Kier molecular flexibility index (Phi) is 3.69. The van der Waals surface area contributed by atoms with E-state index in [0.29, 0.717) is 11.6 Å². The molecule has 0 bridgehead atoms. The van der Waals surface area contributed by atoms with E-state index < -0.39 is 0 Å². The van der Waals surface area contributed by atoms with Gasteiger partial charge in [-0.25, -0.2) is 9.37 Å². The summed E-state index contributed by atoms with van der Waals surface area (Å²) in [6.07, 6.45) is 3.28. The van der Waals surface area contributed by atoms with Crippen molar-refractivity contribution in [2.45, 2.75) is 25.3 Å². The highest BCUT2D eigenvalue weighted by Gasteiger charge is 2.24. The van der Waals surface area contributed by atoms with Gasteiger partial charge < -0.3 is 5.32 Å². The lowest BCUT2D eigenvalue weighted by molar-refractivity contribution is 0.501. The van der Waals surface area contributed by atoms with Crippen molar-refractivity contribution in [1.29, 1.82) is 0 Å². The zero-order chi connectivity index (χ0) is 13.4. The summed E-state index contributed by atoms with van der Waals surface area (Å²) in [7, 11) is 1.97. The predicted molar refractivity (Wildman–Crippen MR) is 79.9 cm³/mol. The number of halogens is 2. The third-order valence-electron chi connectivity index (χ3n) is 3.46. The standard InChI is InChI=1S/C14H14BrFN2S/c1-17-11-3-2-4-12-13(11)19-14(18-12)9-6-5-8(15)7-10(9)16/h5-7,11,17H,2-4H2,1H3. The lowest BCUT2D eigenvalue weighted by Gasteiger charge is -2.19. The van der Waals surface area contributed by atoms with Crippen LogP contribution < -0.4 is 5.32 Å². The molecule has 0 saturated carbocycles. The normalized spacial score (nSPS) is 18.4. The van der Waals surface area contributed by atoms with Gasteiger partial charge in [-0.1, -0.05) is 15.9 Å². The smallest absolute Gasteiger partial charge is 0.134 e. The van der Waals surface area contributed by atoms with Gasteiger partial charge in [-0.05, 0) is 44.5 Å². The lowest BCUT2D eigenvalue weighted by atomic mass is 9.98. The molecular weight excluding hydrogens is 327 g/mol. The topological polar surface area (TPSA) is 24.9 Å². The molecule has 2 nitrogen and oxygen atoms in total. The first-order valence-corrected chi connectivity index (χ1v) is 7.92. The summed E-state index contributed by atoms with van der Waals surface area (Å²) in [6.45, 7) is 0. The van der Waals surface area contributed by atoms with E-state index in [4.69, 9.17) is 0 Å². The number of aryl methyl sites for hydroxylation is 1. The zero-order valence-electron chi connectivity index (χ0n) is 10.5. The maximum atomic E-state index is 14.0. The molecule has 1 atom stereocenters. The summed E-state index contributed by atoms with van der Waals surface area (Å²) in [6, 6.07) is 5.51. The van der Waals surface area contributed by atoms with Gasteiger partial charge >= 0.3 is 0 Å². The fraction of sp³-hybridized carbons (Fsp3) is 0.357. The number of nitrogens with zero attached hydrogens (tertiary/aromatic N) is 1. The second-order valence-corrected chi connectivity index (χ2v) is 6.63. The van der Waals surface area contributed by atoms with Crippen molar-refractivity contribution in [1.82, 2.24) is 10.3 Å². The van der Waals surface area contributed by atoms with Crippen LogP contribution in [0.4, 0.5) is 4.39 Å². The lowest BCUT2D eigenvalue weighted by Crippen LogP contribution is -2.19. The first-order chi connectivity index (χ1) is 9.19. The Hall–Kier alpha value is -0.780. The van der Waals surface area contributed by atoms with Crippen LogP contribution in [0.3, 0.4) is 0 Å². The Balaban J connectivity index is 2.05. The highest BCUT2D eigenvalue weighted by atomic mass is 79.9. The second kappa shape index (κ2) is 5.31. The Morgan fingerprint density at radius 2 is 2.32 bits per heavy atom. The molecule has 1 aliphatic carbocycles. The third kappa shape index (κ3) is 2.47. The average Bonchev–Trinajstić information content (AvgIpc) is 2.81. The molecule has 0 aliphatic heterocycles. The fourth-order valence-electron chi connectivity index (χ4n) is 2.47. The van der Waals surface area contributed by atoms with E-state index in [2.05, 4.69) is 26.2 Å². The van der Waals surface area contributed by atoms with Crippen molar-refractivity contribution in [3.8, 4) is 10.6 Å². The molecule has 1 N–H and O–H groups in total. The molecule has 0 fully saturated rings. The molecule has 3 rings (SSSR count). The highest BCUT2D eigenvalue weighted by Crippen LogP contribution is 2.38. The number of benzene rings is 1. The van der Waals surface area contributed by atoms with Crippen molar-refractivity contribution in [2.75, 3.05) is 7.05 Å². The number of thiazole rings is 1. The Morgan fingerprint density at radius 1 is 1.47 bits per heavy atom. The number of rotatable bonds is 2. The summed E-state index contributed by atoms with van der Waals surface area (Å²) in [5.41, 5.74) is 1.73. The molecule has 1 aliphatic rings. The Bertz CT molecular complexity index is 611. The molecule has 0 amide bonds. The summed E-state index contributed by atoms with van der Waals surface area (Å²) in [4.78, 5) is 5.90. The first-order valence-electron chi connectivity index (χ1n) is 6.31. The van der Waals surface area contributed by atoms with E-state index >= 15 is 0 Å². The molecule has 1 unspecified atom stereocenters. The van der Waals surface area contributed by atoms with Crippen molar-refractivity contribution >= 4 is 27.3 Å². The monoisotopic (exact) mass is 340 g/mol. The number of aromatic nitrogens is 1. The van der Waals surface area contributed by atoms with Crippen LogP contribution in [0, 0.1) is 5.82 Å². The Labute approximate surface area is 124 Å². The minimum Gasteiger partial charge on any atom is -0.312 e. The number of hydrogen-bond acceptors (Lipinski definition) is 3. The van der Waals surface area contributed by atoms with Crippen LogP contribution in [0.15, 0.2) is 22.7 Å². The second-order valence-electron chi connectivity index (χ2n) is 4.69. The highest BCUT2D eigenvalue weighted by molar-refractivity contribution is 9.10. The van der Waals surface area contributed by atoms with Crippen molar-refractivity contribution in [3.63, 3.8) is 0 Å². The maximum Gasteiger partial charge on any atom is 0.134 e. The molecule has 100 valence electrons.